The normalized spacial score (nSPS) is 52.7. The summed E-state index contributed by atoms with van der Waals surface area (Å²) in [5.74, 6) is 1.70. The van der Waals surface area contributed by atoms with Crippen molar-refractivity contribution >= 4 is 0 Å². The molecule has 1 heteroatoms. The molecule has 0 saturated heterocycles. The maximum Gasteiger partial charge on any atom is 0.0918 e. The van der Waals surface area contributed by atoms with E-state index in [0.717, 1.165) is 12.3 Å². The van der Waals surface area contributed by atoms with Crippen LogP contribution in [-0.4, -0.2) is 10.7 Å². The summed E-state index contributed by atoms with van der Waals surface area (Å²) in [6.45, 7) is 9.38. The fourth-order valence-electron chi connectivity index (χ4n) is 7.21. The second-order valence-corrected chi connectivity index (χ2v) is 9.99. The van der Waals surface area contributed by atoms with Crippen LogP contribution in [0.3, 0.4) is 0 Å². The first-order valence-electron chi connectivity index (χ1n) is 9.64. The fraction of sp³-hybridized carbons (Fsp3) is 0.905. The molecular formula is C21H34O. The van der Waals surface area contributed by atoms with E-state index in [1.54, 1.807) is 0 Å². The SMILES string of the molecule is CC=C(CC12CCC(CC1)C2)C1(O)CC2CCC1(C)C2(C)C. The minimum atomic E-state index is -0.538. The van der Waals surface area contributed by atoms with Crippen LogP contribution in [0.2, 0.25) is 0 Å². The number of hydrogen-bond donors (Lipinski definition) is 1. The van der Waals surface area contributed by atoms with Crippen molar-refractivity contribution in [1.82, 2.24) is 0 Å². The second-order valence-electron chi connectivity index (χ2n) is 9.99. The van der Waals surface area contributed by atoms with Crippen LogP contribution in [0.5, 0.6) is 0 Å². The van der Waals surface area contributed by atoms with Crippen molar-refractivity contribution in [3.8, 4) is 0 Å². The Morgan fingerprint density at radius 2 is 1.73 bits per heavy atom. The van der Waals surface area contributed by atoms with Gasteiger partial charge >= 0.3 is 0 Å². The average Bonchev–Trinajstić information content (AvgIpc) is 3.16. The minimum absolute atomic E-state index is 0.0692. The lowest BCUT2D eigenvalue weighted by Gasteiger charge is -2.48. The number of allylic oxidation sites excluding steroid dienone is 1. The molecule has 0 radical (unpaired) electrons. The van der Waals surface area contributed by atoms with Crippen molar-refractivity contribution in [3.05, 3.63) is 11.6 Å². The maximum atomic E-state index is 11.9. The van der Waals surface area contributed by atoms with Crippen LogP contribution in [0.4, 0.5) is 0 Å². The monoisotopic (exact) mass is 302 g/mol. The Bertz CT molecular complexity index is 508. The maximum absolute atomic E-state index is 11.9. The minimum Gasteiger partial charge on any atom is -0.385 e. The highest BCUT2D eigenvalue weighted by Gasteiger charge is 2.69. The predicted molar refractivity (Wildman–Crippen MR) is 91.6 cm³/mol. The number of rotatable bonds is 3. The number of hydrogen-bond acceptors (Lipinski definition) is 1. The summed E-state index contributed by atoms with van der Waals surface area (Å²) in [7, 11) is 0. The molecule has 4 fully saturated rings. The lowest BCUT2D eigenvalue weighted by atomic mass is 9.60. The molecule has 4 aliphatic carbocycles. The molecule has 4 saturated carbocycles. The lowest BCUT2D eigenvalue weighted by molar-refractivity contribution is -0.0654. The summed E-state index contributed by atoms with van der Waals surface area (Å²) in [6, 6.07) is 0. The fourth-order valence-corrected chi connectivity index (χ4v) is 7.21. The topological polar surface area (TPSA) is 20.2 Å². The van der Waals surface area contributed by atoms with E-state index >= 15 is 0 Å². The van der Waals surface area contributed by atoms with Gasteiger partial charge in [0.05, 0.1) is 5.60 Å². The van der Waals surface area contributed by atoms with E-state index in [-0.39, 0.29) is 10.8 Å². The van der Waals surface area contributed by atoms with Gasteiger partial charge in [-0.15, -0.1) is 0 Å². The van der Waals surface area contributed by atoms with Gasteiger partial charge in [-0.3, -0.25) is 0 Å². The average molecular weight is 303 g/mol. The molecular weight excluding hydrogens is 268 g/mol. The highest BCUT2D eigenvalue weighted by Crippen LogP contribution is 2.72. The van der Waals surface area contributed by atoms with Crippen LogP contribution in [0, 0.1) is 28.1 Å². The Balaban J connectivity index is 1.65. The third kappa shape index (κ3) is 1.65. The van der Waals surface area contributed by atoms with Crippen LogP contribution in [0.25, 0.3) is 0 Å². The summed E-state index contributed by atoms with van der Waals surface area (Å²) in [6.07, 6.45) is 14.1. The van der Waals surface area contributed by atoms with Gasteiger partial charge in [0.15, 0.2) is 0 Å². The van der Waals surface area contributed by atoms with Gasteiger partial charge in [0.25, 0.3) is 0 Å². The third-order valence-corrected chi connectivity index (χ3v) is 9.22. The van der Waals surface area contributed by atoms with E-state index in [2.05, 4.69) is 33.8 Å². The van der Waals surface area contributed by atoms with Crippen molar-refractivity contribution in [2.45, 2.75) is 91.1 Å². The van der Waals surface area contributed by atoms with Gasteiger partial charge in [-0.05, 0) is 93.0 Å². The van der Waals surface area contributed by atoms with Crippen molar-refractivity contribution < 1.29 is 5.11 Å². The van der Waals surface area contributed by atoms with E-state index < -0.39 is 5.60 Å². The summed E-state index contributed by atoms with van der Waals surface area (Å²) in [4.78, 5) is 0. The molecule has 1 N–H and O–H groups in total. The Labute approximate surface area is 136 Å². The second kappa shape index (κ2) is 4.41. The summed E-state index contributed by atoms with van der Waals surface area (Å²) in [5, 5.41) is 11.9. The van der Waals surface area contributed by atoms with Crippen LogP contribution >= 0.6 is 0 Å². The third-order valence-electron chi connectivity index (χ3n) is 9.22. The molecule has 0 aromatic rings. The van der Waals surface area contributed by atoms with E-state index in [0.29, 0.717) is 11.3 Å². The summed E-state index contributed by atoms with van der Waals surface area (Å²) >= 11 is 0. The van der Waals surface area contributed by atoms with Crippen LogP contribution in [-0.2, 0) is 0 Å². The molecule has 4 rings (SSSR count). The van der Waals surface area contributed by atoms with Crippen molar-refractivity contribution in [1.29, 1.82) is 0 Å². The molecule has 22 heavy (non-hydrogen) atoms. The van der Waals surface area contributed by atoms with Crippen LogP contribution in [0.15, 0.2) is 11.6 Å². The molecule has 0 aromatic heterocycles. The van der Waals surface area contributed by atoms with Crippen molar-refractivity contribution in [2.24, 2.45) is 28.1 Å². The molecule has 0 amide bonds. The molecule has 3 atom stereocenters. The van der Waals surface area contributed by atoms with Crippen molar-refractivity contribution in [3.63, 3.8) is 0 Å². The Hall–Kier alpha value is -0.300. The quantitative estimate of drug-likeness (QED) is 0.684. The predicted octanol–water partition coefficient (Wildman–Crippen LogP) is 5.48. The van der Waals surface area contributed by atoms with Crippen molar-refractivity contribution in [2.75, 3.05) is 0 Å². The Kier molecular flexibility index (Phi) is 3.05. The first kappa shape index (κ1) is 15.2. The van der Waals surface area contributed by atoms with E-state index in [4.69, 9.17) is 0 Å². The zero-order valence-electron chi connectivity index (χ0n) is 15.0. The van der Waals surface area contributed by atoms with Crippen LogP contribution in [0.1, 0.15) is 85.5 Å². The number of aliphatic hydroxyl groups is 1. The smallest absolute Gasteiger partial charge is 0.0918 e. The molecule has 0 aromatic carbocycles. The summed E-state index contributed by atoms with van der Waals surface area (Å²) in [5.41, 5.74) is 1.75. The first-order chi connectivity index (χ1) is 10.3. The molecule has 0 heterocycles. The van der Waals surface area contributed by atoms with Gasteiger partial charge in [0.1, 0.15) is 0 Å². The molecule has 0 spiro atoms. The Morgan fingerprint density at radius 1 is 1.05 bits per heavy atom. The standard InChI is InChI=1S/C21H34O/c1-5-16(13-20-10-6-15(12-20)7-11-20)21(22)14-17-8-9-19(21,4)18(17,2)3/h5,15,17,22H,6-14H2,1-4H3. The van der Waals surface area contributed by atoms with Gasteiger partial charge in [0.2, 0.25) is 0 Å². The van der Waals surface area contributed by atoms with E-state index in [1.807, 2.05) is 0 Å². The molecule has 4 bridgehead atoms. The van der Waals surface area contributed by atoms with E-state index in [1.165, 1.54) is 56.9 Å². The number of fused-ring (bicyclic) bond motifs is 4. The van der Waals surface area contributed by atoms with E-state index in [9.17, 15) is 5.11 Å². The van der Waals surface area contributed by atoms with Gasteiger partial charge < -0.3 is 5.11 Å². The highest BCUT2D eigenvalue weighted by atomic mass is 16.3. The van der Waals surface area contributed by atoms with Gasteiger partial charge in [-0.1, -0.05) is 26.8 Å². The Morgan fingerprint density at radius 3 is 2.14 bits per heavy atom. The van der Waals surface area contributed by atoms with Gasteiger partial charge in [-0.2, -0.15) is 0 Å². The van der Waals surface area contributed by atoms with Gasteiger partial charge in [0, 0.05) is 5.41 Å². The molecule has 3 unspecified atom stereocenters. The summed E-state index contributed by atoms with van der Waals surface area (Å²) < 4.78 is 0. The highest BCUT2D eigenvalue weighted by molar-refractivity contribution is 5.32. The molecule has 0 aliphatic heterocycles. The lowest BCUT2D eigenvalue weighted by Crippen LogP contribution is -2.49. The van der Waals surface area contributed by atoms with Crippen LogP contribution < -0.4 is 0 Å². The zero-order chi connectivity index (χ0) is 15.8. The molecule has 124 valence electrons. The zero-order valence-corrected chi connectivity index (χ0v) is 15.0. The molecule has 4 aliphatic rings. The first-order valence-corrected chi connectivity index (χ1v) is 9.64. The van der Waals surface area contributed by atoms with Gasteiger partial charge in [-0.25, -0.2) is 0 Å². The largest absolute Gasteiger partial charge is 0.385 e. The molecule has 1 nitrogen and oxygen atoms in total.